The highest BCUT2D eigenvalue weighted by Gasteiger charge is 2.69. The molecule has 2 nitrogen and oxygen atoms in total. The summed E-state index contributed by atoms with van der Waals surface area (Å²) < 4.78 is 111. The van der Waals surface area contributed by atoms with Crippen molar-refractivity contribution in [2.24, 2.45) is 0 Å². The summed E-state index contributed by atoms with van der Waals surface area (Å²) in [6, 6.07) is 5.78. The lowest BCUT2D eigenvalue weighted by molar-refractivity contribution is 0.0732. The van der Waals surface area contributed by atoms with Gasteiger partial charge in [0.1, 0.15) is 11.6 Å². The number of rotatable bonds is 4. The zero-order valence-electron chi connectivity index (χ0n) is 18.2. The second-order valence-corrected chi connectivity index (χ2v) is 10.3. The molecule has 11 heteroatoms. The van der Waals surface area contributed by atoms with E-state index in [-0.39, 0.29) is 28.8 Å². The molecule has 3 rings (SSSR count). The lowest BCUT2D eigenvalue weighted by Gasteiger charge is -2.40. The third-order valence-corrected chi connectivity index (χ3v) is 6.19. The zero-order chi connectivity index (χ0) is 25.9. The van der Waals surface area contributed by atoms with E-state index in [0.29, 0.717) is 22.3 Å². The number of carbonyl (C=O) groups excluding carboxylic acids is 1. The molecule has 34 heavy (non-hydrogen) atoms. The number of hydrogen-bond acceptors (Lipinski definition) is 2. The minimum absolute atomic E-state index is 0.0912. The minimum Gasteiger partial charge on any atom is -0.423 e. The first-order valence-electron chi connectivity index (χ1n) is 9.62. The predicted molar refractivity (Wildman–Crippen MR) is 113 cm³/mol. The smallest absolute Gasteiger partial charge is 0.344 e. The first-order chi connectivity index (χ1) is 15.3. The number of esters is 1. The number of ether oxygens (including phenoxy) is 1. The molecule has 0 aliphatic heterocycles. The van der Waals surface area contributed by atoms with Crippen LogP contribution >= 0.6 is 10.2 Å². The molecule has 0 atom stereocenters. The van der Waals surface area contributed by atoms with E-state index in [0.717, 1.165) is 0 Å². The van der Waals surface area contributed by atoms with Crippen LogP contribution in [0.25, 0.3) is 11.1 Å². The van der Waals surface area contributed by atoms with Gasteiger partial charge < -0.3 is 4.74 Å². The average Bonchev–Trinajstić information content (AvgIpc) is 2.56. The summed E-state index contributed by atoms with van der Waals surface area (Å²) in [5.41, 5.74) is 2.57. The Hall–Kier alpha value is -3.08. The second-order valence-electron chi connectivity index (χ2n) is 8.00. The van der Waals surface area contributed by atoms with E-state index < -0.39 is 44.3 Å². The van der Waals surface area contributed by atoms with Crippen LogP contribution in [0.2, 0.25) is 0 Å². The molecule has 0 aliphatic rings. The van der Waals surface area contributed by atoms with Crippen LogP contribution < -0.4 is 4.74 Å². The molecule has 0 aliphatic carbocycles. The van der Waals surface area contributed by atoms with Crippen LogP contribution in [0.15, 0.2) is 41.3 Å². The topological polar surface area (TPSA) is 26.3 Å². The summed E-state index contributed by atoms with van der Waals surface area (Å²) >= 11 is 0. The van der Waals surface area contributed by atoms with Gasteiger partial charge in [-0.15, -0.1) is 0 Å². The molecular weight excluding hydrogens is 492 g/mol. The quantitative estimate of drug-likeness (QED) is 0.199. The van der Waals surface area contributed by atoms with E-state index in [1.165, 1.54) is 32.0 Å². The molecule has 0 saturated heterocycles. The Morgan fingerprint density at radius 1 is 0.706 bits per heavy atom. The summed E-state index contributed by atoms with van der Waals surface area (Å²) in [4.78, 5) is 9.30. The third-order valence-electron chi connectivity index (χ3n) is 5.03. The van der Waals surface area contributed by atoms with Crippen LogP contribution in [0.5, 0.6) is 5.75 Å². The number of benzene rings is 3. The lowest BCUT2D eigenvalue weighted by Crippen LogP contribution is -2.15. The van der Waals surface area contributed by atoms with E-state index in [9.17, 15) is 37.4 Å². The van der Waals surface area contributed by atoms with Crippen molar-refractivity contribution < 1.29 is 42.1 Å². The van der Waals surface area contributed by atoms with Crippen molar-refractivity contribution in [2.75, 3.05) is 0 Å². The van der Waals surface area contributed by atoms with E-state index >= 15 is 0 Å². The van der Waals surface area contributed by atoms with E-state index in [2.05, 4.69) is 0 Å². The highest BCUT2D eigenvalue weighted by atomic mass is 32.5. The Kier molecular flexibility index (Phi) is 5.60. The fraction of sp³-hybridized carbons (Fsp3) is 0.174. The first-order valence-corrected chi connectivity index (χ1v) is 11.6. The molecule has 0 aromatic heterocycles. The Balaban J connectivity index is 2.00. The van der Waals surface area contributed by atoms with Gasteiger partial charge in [0.25, 0.3) is 0 Å². The zero-order valence-corrected chi connectivity index (χ0v) is 19.0. The van der Waals surface area contributed by atoms with E-state index in [1.807, 2.05) is 0 Å². The molecule has 0 bridgehead atoms. The van der Waals surface area contributed by atoms with Gasteiger partial charge in [-0.2, -0.15) is 0 Å². The van der Waals surface area contributed by atoms with Gasteiger partial charge in [0.2, 0.25) is 0 Å². The number of halogens is 8. The normalized spacial score (nSPS) is 13.9. The van der Waals surface area contributed by atoms with Crippen LogP contribution in [0.3, 0.4) is 0 Å². The SMILES string of the molecule is Cc1cc(C)c(-c2cc(C)c(C(=O)Oc3cc(F)c(S(F)(F)(F)(F)F)c(F)c3)c(C)c2)c(F)c1. The van der Waals surface area contributed by atoms with Gasteiger partial charge in [-0.05, 0) is 61.6 Å². The highest BCUT2D eigenvalue weighted by molar-refractivity contribution is 8.45. The predicted octanol–water partition coefficient (Wildman–Crippen LogP) is 8.88. The first kappa shape index (κ1) is 25.5. The van der Waals surface area contributed by atoms with Crippen LogP contribution in [-0.4, -0.2) is 5.97 Å². The van der Waals surface area contributed by atoms with Gasteiger partial charge >= 0.3 is 16.2 Å². The number of hydrogen-bond donors (Lipinski definition) is 0. The van der Waals surface area contributed by atoms with Crippen molar-refractivity contribution in [2.45, 2.75) is 32.6 Å². The maximum absolute atomic E-state index is 14.6. The molecule has 0 fully saturated rings. The van der Waals surface area contributed by atoms with Gasteiger partial charge in [-0.1, -0.05) is 37.6 Å². The molecule has 0 radical (unpaired) electrons. The molecule has 0 unspecified atom stereocenters. The third kappa shape index (κ3) is 5.03. The van der Waals surface area contributed by atoms with Crippen LogP contribution in [0, 0.1) is 45.1 Å². The van der Waals surface area contributed by atoms with Gasteiger partial charge in [0.05, 0.1) is 5.56 Å². The summed E-state index contributed by atoms with van der Waals surface area (Å²) in [5, 5.41) is 0. The van der Waals surface area contributed by atoms with Crippen molar-refractivity contribution in [3.63, 3.8) is 0 Å². The summed E-state index contributed by atoms with van der Waals surface area (Å²) in [7, 11) is -10.7. The maximum Gasteiger partial charge on any atom is 0.344 e. The average molecular weight is 510 g/mol. The summed E-state index contributed by atoms with van der Waals surface area (Å²) in [6.07, 6.45) is 0. The van der Waals surface area contributed by atoms with Crippen LogP contribution in [0.4, 0.5) is 32.6 Å². The van der Waals surface area contributed by atoms with Crippen LogP contribution in [-0.2, 0) is 0 Å². The molecule has 0 amide bonds. The van der Waals surface area contributed by atoms with Gasteiger partial charge in [0, 0.05) is 17.7 Å². The van der Waals surface area contributed by atoms with Gasteiger partial charge in [-0.3, -0.25) is 0 Å². The monoisotopic (exact) mass is 510 g/mol. The Morgan fingerprint density at radius 3 is 1.65 bits per heavy atom. The van der Waals surface area contributed by atoms with Crippen LogP contribution in [0.1, 0.15) is 32.6 Å². The van der Waals surface area contributed by atoms with Crippen molar-refractivity contribution >= 4 is 16.2 Å². The molecular formula is C23H18F8O2S. The minimum atomic E-state index is -10.7. The number of aryl methyl sites for hydroxylation is 4. The lowest BCUT2D eigenvalue weighted by atomic mass is 9.92. The molecule has 0 heterocycles. The molecule has 0 N–H and O–H groups in total. The highest BCUT2D eigenvalue weighted by Crippen LogP contribution is 3.02. The fourth-order valence-electron chi connectivity index (χ4n) is 3.83. The Labute approximate surface area is 189 Å². The maximum atomic E-state index is 14.6. The summed E-state index contributed by atoms with van der Waals surface area (Å²) in [6.45, 7) is 6.39. The largest absolute Gasteiger partial charge is 0.423 e. The molecule has 0 saturated carbocycles. The number of carbonyl (C=O) groups is 1. The van der Waals surface area contributed by atoms with E-state index in [1.54, 1.807) is 19.9 Å². The van der Waals surface area contributed by atoms with Crippen molar-refractivity contribution in [3.8, 4) is 16.9 Å². The molecule has 0 spiro atoms. The fourth-order valence-corrected chi connectivity index (χ4v) is 4.69. The van der Waals surface area contributed by atoms with Gasteiger partial charge in [0.15, 0.2) is 16.5 Å². The summed E-state index contributed by atoms with van der Waals surface area (Å²) in [5.74, 6) is -7.94. The van der Waals surface area contributed by atoms with Crippen molar-refractivity contribution in [1.82, 2.24) is 0 Å². The van der Waals surface area contributed by atoms with Gasteiger partial charge in [-0.25, -0.2) is 18.0 Å². The molecule has 3 aromatic carbocycles. The molecule has 3 aromatic rings. The standard InChI is InChI=1S/C23H18F8O2S/c1-11-5-12(2)21(17(24)6-11)15-7-13(3)20(14(4)8-15)23(32)33-16-9-18(25)22(19(26)10-16)34(27,28,29,30)31/h5-10H,1-4H3. The Bertz CT molecular complexity index is 1280. The van der Waals surface area contributed by atoms with Crippen molar-refractivity contribution in [3.05, 3.63) is 81.7 Å². The Morgan fingerprint density at radius 2 is 1.21 bits per heavy atom. The second kappa shape index (κ2) is 7.46. The van der Waals surface area contributed by atoms with Crippen molar-refractivity contribution in [1.29, 1.82) is 0 Å². The van der Waals surface area contributed by atoms with E-state index in [4.69, 9.17) is 4.74 Å². The molecule has 184 valence electrons.